The number of imide groups is 1. The standard InChI is InChI=1S/C24H18ClNO4S/c1-13(2)15-9-7-14(19(25)11-15)8-10-16-12-31-23(20(16)24(29)30)26-21(27)17-5-3-4-6-18(17)22(26)28/h3-13H,1-2H3,(H,29,30)/b10-8+. The van der Waals surface area contributed by atoms with Gasteiger partial charge >= 0.3 is 5.97 Å². The van der Waals surface area contributed by atoms with Gasteiger partial charge in [-0.3, -0.25) is 9.59 Å². The highest BCUT2D eigenvalue weighted by molar-refractivity contribution is 7.15. The average Bonchev–Trinajstić information content (AvgIpc) is 3.26. The predicted octanol–water partition coefficient (Wildman–Crippen LogP) is 6.19. The number of carboxylic acid groups (broad SMARTS) is 1. The van der Waals surface area contributed by atoms with Crippen molar-refractivity contribution in [2.24, 2.45) is 0 Å². The first kappa shape index (κ1) is 21.0. The molecule has 0 radical (unpaired) electrons. The third-order valence-electron chi connectivity index (χ3n) is 5.14. The Morgan fingerprint density at radius 2 is 1.65 bits per heavy atom. The number of rotatable bonds is 5. The summed E-state index contributed by atoms with van der Waals surface area (Å²) in [5, 5.41) is 12.1. The molecule has 2 heterocycles. The van der Waals surface area contributed by atoms with E-state index in [9.17, 15) is 19.5 Å². The van der Waals surface area contributed by atoms with Crippen molar-refractivity contribution in [3.05, 3.63) is 86.2 Å². The summed E-state index contributed by atoms with van der Waals surface area (Å²) in [6, 6.07) is 12.2. The average molecular weight is 452 g/mol. The lowest BCUT2D eigenvalue weighted by Crippen LogP contribution is -2.30. The number of benzene rings is 2. The van der Waals surface area contributed by atoms with Gasteiger partial charge in [0.15, 0.2) is 0 Å². The monoisotopic (exact) mass is 451 g/mol. The molecular formula is C24H18ClNO4S. The van der Waals surface area contributed by atoms with Gasteiger partial charge in [0.05, 0.1) is 11.1 Å². The van der Waals surface area contributed by atoms with Crippen LogP contribution in [-0.4, -0.2) is 22.9 Å². The number of amides is 2. The third-order valence-corrected chi connectivity index (χ3v) is 6.45. The Bertz CT molecular complexity index is 1220. The molecule has 31 heavy (non-hydrogen) atoms. The summed E-state index contributed by atoms with van der Waals surface area (Å²) in [5.74, 6) is -1.91. The Morgan fingerprint density at radius 3 is 2.19 bits per heavy atom. The predicted molar refractivity (Wildman–Crippen MR) is 123 cm³/mol. The highest BCUT2D eigenvalue weighted by Gasteiger charge is 2.39. The Kier molecular flexibility index (Phi) is 5.52. The molecule has 156 valence electrons. The zero-order chi connectivity index (χ0) is 22.3. The number of halogens is 1. The number of hydrogen-bond donors (Lipinski definition) is 1. The topological polar surface area (TPSA) is 74.7 Å². The van der Waals surface area contributed by atoms with E-state index in [-0.39, 0.29) is 21.7 Å². The Labute approximate surface area is 188 Å². The lowest BCUT2D eigenvalue weighted by Gasteiger charge is -2.12. The smallest absolute Gasteiger partial charge is 0.339 e. The van der Waals surface area contributed by atoms with E-state index in [0.717, 1.165) is 27.4 Å². The maximum absolute atomic E-state index is 12.8. The van der Waals surface area contributed by atoms with E-state index >= 15 is 0 Å². The number of hydrogen-bond acceptors (Lipinski definition) is 4. The lowest BCUT2D eigenvalue weighted by atomic mass is 10.0. The second kappa shape index (κ2) is 8.13. The van der Waals surface area contributed by atoms with Crippen LogP contribution in [0.5, 0.6) is 0 Å². The van der Waals surface area contributed by atoms with Gasteiger partial charge in [0, 0.05) is 16.0 Å². The molecule has 2 amide bonds. The molecule has 0 spiro atoms. The minimum atomic E-state index is -1.21. The molecule has 0 atom stereocenters. The van der Waals surface area contributed by atoms with Gasteiger partial charge in [0.2, 0.25) is 0 Å². The number of aromatic carboxylic acids is 1. The summed E-state index contributed by atoms with van der Waals surface area (Å²) in [4.78, 5) is 38.6. The van der Waals surface area contributed by atoms with Crippen LogP contribution < -0.4 is 4.90 Å². The fourth-order valence-corrected chi connectivity index (χ4v) is 4.73. The molecule has 1 N–H and O–H groups in total. The first-order chi connectivity index (χ1) is 14.8. The minimum absolute atomic E-state index is 0.0920. The molecule has 1 aliphatic heterocycles. The molecule has 0 bridgehead atoms. The number of carbonyl (C=O) groups is 3. The van der Waals surface area contributed by atoms with E-state index in [2.05, 4.69) is 13.8 Å². The SMILES string of the molecule is CC(C)c1ccc(/C=C/c2csc(N3C(=O)c4ccccc4C3=O)c2C(=O)O)c(Cl)c1. The Morgan fingerprint density at radius 1 is 1.03 bits per heavy atom. The highest BCUT2D eigenvalue weighted by atomic mass is 35.5. The van der Waals surface area contributed by atoms with E-state index in [1.165, 1.54) is 0 Å². The van der Waals surface area contributed by atoms with Crippen LogP contribution in [0.15, 0.2) is 47.8 Å². The molecule has 7 heteroatoms. The van der Waals surface area contributed by atoms with Crippen LogP contribution >= 0.6 is 22.9 Å². The van der Waals surface area contributed by atoms with Crippen LogP contribution in [0.3, 0.4) is 0 Å². The van der Waals surface area contributed by atoms with Crippen molar-refractivity contribution < 1.29 is 19.5 Å². The molecule has 0 aliphatic carbocycles. The van der Waals surface area contributed by atoms with Crippen LogP contribution in [0.2, 0.25) is 5.02 Å². The summed E-state index contributed by atoms with van der Waals surface area (Å²) >= 11 is 7.42. The molecule has 0 saturated heterocycles. The number of thiophene rings is 1. The van der Waals surface area contributed by atoms with Gasteiger partial charge in [-0.1, -0.05) is 61.9 Å². The Hall–Kier alpha value is -3.22. The Balaban J connectivity index is 1.71. The van der Waals surface area contributed by atoms with E-state index in [4.69, 9.17) is 11.6 Å². The van der Waals surface area contributed by atoms with Crippen molar-refractivity contribution in [1.29, 1.82) is 0 Å². The maximum Gasteiger partial charge on any atom is 0.339 e. The van der Waals surface area contributed by atoms with Crippen LogP contribution in [0.4, 0.5) is 5.00 Å². The van der Waals surface area contributed by atoms with Gasteiger partial charge in [-0.2, -0.15) is 0 Å². The molecule has 3 aromatic rings. The van der Waals surface area contributed by atoms with Crippen molar-refractivity contribution in [2.45, 2.75) is 19.8 Å². The summed E-state index contributed by atoms with van der Waals surface area (Å²) in [6.45, 7) is 4.15. The second-order valence-corrected chi connectivity index (χ2v) is 8.70. The minimum Gasteiger partial charge on any atom is -0.478 e. The first-order valence-corrected chi connectivity index (χ1v) is 10.9. The van der Waals surface area contributed by atoms with Crippen molar-refractivity contribution in [2.75, 3.05) is 4.90 Å². The van der Waals surface area contributed by atoms with Crippen molar-refractivity contribution >= 4 is 57.9 Å². The summed E-state index contributed by atoms with van der Waals surface area (Å²) in [6.07, 6.45) is 3.37. The number of carboxylic acids is 1. The van der Waals surface area contributed by atoms with Crippen molar-refractivity contribution in [3.63, 3.8) is 0 Å². The van der Waals surface area contributed by atoms with E-state index in [1.54, 1.807) is 41.8 Å². The number of carbonyl (C=O) groups excluding carboxylic acids is 2. The van der Waals surface area contributed by atoms with E-state index in [0.29, 0.717) is 16.5 Å². The van der Waals surface area contributed by atoms with Gasteiger partial charge in [-0.25, -0.2) is 9.69 Å². The maximum atomic E-state index is 12.8. The normalized spacial score (nSPS) is 13.5. The second-order valence-electron chi connectivity index (χ2n) is 7.44. The molecule has 2 aromatic carbocycles. The zero-order valence-electron chi connectivity index (χ0n) is 16.8. The van der Waals surface area contributed by atoms with E-state index < -0.39 is 17.8 Å². The van der Waals surface area contributed by atoms with Gasteiger partial charge in [-0.05, 0) is 35.2 Å². The van der Waals surface area contributed by atoms with Gasteiger partial charge in [0.1, 0.15) is 10.6 Å². The third kappa shape index (κ3) is 3.69. The largest absolute Gasteiger partial charge is 0.478 e. The van der Waals surface area contributed by atoms with Gasteiger partial charge in [-0.15, -0.1) is 11.3 Å². The summed E-state index contributed by atoms with van der Waals surface area (Å²) in [7, 11) is 0. The quantitative estimate of drug-likeness (QED) is 0.469. The van der Waals surface area contributed by atoms with Crippen LogP contribution in [-0.2, 0) is 0 Å². The molecule has 1 aliphatic rings. The summed E-state index contributed by atoms with van der Waals surface area (Å²) < 4.78 is 0. The molecule has 5 nitrogen and oxygen atoms in total. The van der Waals surface area contributed by atoms with Crippen LogP contribution in [0.25, 0.3) is 12.2 Å². The number of fused-ring (bicyclic) bond motifs is 1. The van der Waals surface area contributed by atoms with Gasteiger partial charge < -0.3 is 5.11 Å². The van der Waals surface area contributed by atoms with Crippen molar-refractivity contribution in [1.82, 2.24) is 0 Å². The fourth-order valence-electron chi connectivity index (χ4n) is 3.45. The lowest BCUT2D eigenvalue weighted by molar-refractivity contribution is 0.0698. The number of anilines is 1. The fraction of sp³-hybridized carbons (Fsp3) is 0.125. The first-order valence-electron chi connectivity index (χ1n) is 9.59. The number of nitrogens with zero attached hydrogens (tertiary/aromatic N) is 1. The molecule has 4 rings (SSSR count). The van der Waals surface area contributed by atoms with Crippen LogP contribution in [0.1, 0.15) is 67.5 Å². The molecule has 0 unspecified atom stereocenters. The van der Waals surface area contributed by atoms with Crippen LogP contribution in [0, 0.1) is 0 Å². The molecule has 1 aromatic heterocycles. The summed E-state index contributed by atoms with van der Waals surface area (Å²) in [5.41, 5.74) is 2.70. The van der Waals surface area contributed by atoms with Gasteiger partial charge in [0.25, 0.3) is 11.8 Å². The highest BCUT2D eigenvalue weighted by Crippen LogP contribution is 2.38. The van der Waals surface area contributed by atoms with E-state index in [1.807, 2.05) is 18.2 Å². The molecule has 0 fully saturated rings. The molecular weight excluding hydrogens is 434 g/mol. The zero-order valence-corrected chi connectivity index (χ0v) is 18.3. The van der Waals surface area contributed by atoms with Crippen molar-refractivity contribution in [3.8, 4) is 0 Å². The molecule has 0 saturated carbocycles.